The molecule has 3 aliphatic heterocycles. The number of hydrogen-bond acceptors (Lipinski definition) is 4. The smallest absolute Gasteiger partial charge is 0.264 e. The summed E-state index contributed by atoms with van der Waals surface area (Å²) in [6.07, 6.45) is 5.29. The Morgan fingerprint density at radius 2 is 1.79 bits per heavy atom. The van der Waals surface area contributed by atoms with Gasteiger partial charge in [0.1, 0.15) is 5.82 Å². The number of nitrogens with zero attached hydrogens (tertiary/aromatic N) is 2. The van der Waals surface area contributed by atoms with Crippen molar-refractivity contribution in [1.82, 2.24) is 9.80 Å². The Bertz CT molecular complexity index is 940. The molecule has 1 amide bonds. The zero-order valence-corrected chi connectivity index (χ0v) is 21.1. The van der Waals surface area contributed by atoms with Gasteiger partial charge in [0.25, 0.3) is 5.91 Å². The number of halogens is 1. The summed E-state index contributed by atoms with van der Waals surface area (Å²) in [5.74, 6) is 0.298. The lowest BCUT2D eigenvalue weighted by Gasteiger charge is -2.35. The molecule has 0 spiro atoms. The summed E-state index contributed by atoms with van der Waals surface area (Å²) in [4.78, 5) is 19.0. The average Bonchev–Trinajstić information content (AvgIpc) is 3.62. The van der Waals surface area contributed by atoms with E-state index in [0.717, 1.165) is 97.9 Å². The van der Waals surface area contributed by atoms with Crippen LogP contribution < -0.4 is 0 Å². The van der Waals surface area contributed by atoms with E-state index >= 15 is 4.39 Å². The van der Waals surface area contributed by atoms with Crippen LogP contribution in [-0.4, -0.2) is 61.1 Å². The molecule has 1 aromatic heterocycles. The Labute approximate surface area is 201 Å². The first kappa shape index (κ1) is 24.4. The van der Waals surface area contributed by atoms with E-state index in [9.17, 15) is 4.79 Å². The minimum Gasteiger partial charge on any atom is -0.380 e. The first-order valence-electron chi connectivity index (χ1n) is 12.6. The number of ether oxygens (including phenoxy) is 1. The van der Waals surface area contributed by atoms with Gasteiger partial charge in [0.2, 0.25) is 0 Å². The molecular weight excluding hydrogens is 435 g/mol. The van der Waals surface area contributed by atoms with Crippen molar-refractivity contribution in [3.8, 4) is 10.4 Å². The van der Waals surface area contributed by atoms with Crippen LogP contribution in [0.2, 0.25) is 0 Å². The third-order valence-corrected chi connectivity index (χ3v) is 8.46. The number of aryl methyl sites for hydroxylation is 1. The van der Waals surface area contributed by atoms with Crippen molar-refractivity contribution in [2.45, 2.75) is 64.8 Å². The fraction of sp³-hybridized carbons (Fsp3) is 0.593. The molecule has 180 valence electrons. The van der Waals surface area contributed by atoms with Crippen LogP contribution in [0.1, 0.15) is 72.7 Å². The molecule has 3 saturated heterocycles. The Hall–Kier alpha value is -1.76. The molecule has 0 radical (unpaired) electrons. The molecule has 5 rings (SSSR count). The number of carbonyl (C=O) groups excluding carboxylic acids is 1. The van der Waals surface area contributed by atoms with Gasteiger partial charge in [0.05, 0.1) is 11.5 Å². The van der Waals surface area contributed by atoms with E-state index in [2.05, 4.69) is 4.90 Å². The second-order valence-electron chi connectivity index (χ2n) is 9.19. The minimum atomic E-state index is -0.112. The second kappa shape index (κ2) is 11.1. The first-order valence-corrected chi connectivity index (χ1v) is 13.4. The predicted molar refractivity (Wildman–Crippen MR) is 134 cm³/mol. The predicted octanol–water partition coefficient (Wildman–Crippen LogP) is 6.09. The van der Waals surface area contributed by atoms with E-state index in [4.69, 9.17) is 4.74 Å². The van der Waals surface area contributed by atoms with E-state index in [1.54, 1.807) is 6.07 Å². The number of rotatable bonds is 4. The van der Waals surface area contributed by atoms with E-state index < -0.39 is 0 Å². The van der Waals surface area contributed by atoms with Crippen molar-refractivity contribution in [1.29, 1.82) is 0 Å². The quantitative estimate of drug-likeness (QED) is 0.540. The van der Waals surface area contributed by atoms with Gasteiger partial charge in [-0.05, 0) is 86.9 Å². The number of thiophene rings is 1. The Morgan fingerprint density at radius 3 is 2.42 bits per heavy atom. The van der Waals surface area contributed by atoms with Gasteiger partial charge in [-0.3, -0.25) is 9.69 Å². The first-order chi connectivity index (χ1) is 16.1. The topological polar surface area (TPSA) is 32.8 Å². The molecule has 1 aromatic carbocycles. The highest BCUT2D eigenvalue weighted by atomic mass is 32.1. The largest absolute Gasteiger partial charge is 0.380 e. The summed E-state index contributed by atoms with van der Waals surface area (Å²) < 4.78 is 20.7. The molecule has 0 saturated carbocycles. The summed E-state index contributed by atoms with van der Waals surface area (Å²) in [6, 6.07) is 8.26. The summed E-state index contributed by atoms with van der Waals surface area (Å²) in [7, 11) is 0. The Kier molecular flexibility index (Phi) is 8.20. The molecule has 0 bridgehead atoms. The third-order valence-electron chi connectivity index (χ3n) is 7.18. The maximum atomic E-state index is 15.1. The standard InChI is InChI=1S/C25H31FN2O2S.C2H6/c1-17-14-23(31-24(17)25(29)28-9-2-3-10-28)19-4-5-21(22(26)15-19)18-6-11-27(12-7-18)20-8-13-30-16-20;1-2/h4-5,14-15,18,20H,2-3,6-13,16H2,1H3;1-2H3. The number of piperidine rings is 1. The molecule has 0 aliphatic carbocycles. The van der Waals surface area contributed by atoms with Crippen LogP contribution in [-0.2, 0) is 4.74 Å². The second-order valence-corrected chi connectivity index (χ2v) is 10.2. The van der Waals surface area contributed by atoms with Crippen molar-refractivity contribution in [2.75, 3.05) is 39.4 Å². The number of likely N-dealkylation sites (tertiary alicyclic amines) is 2. The van der Waals surface area contributed by atoms with Crippen LogP contribution in [0.4, 0.5) is 4.39 Å². The van der Waals surface area contributed by atoms with Crippen LogP contribution in [0.15, 0.2) is 24.3 Å². The summed E-state index contributed by atoms with van der Waals surface area (Å²) in [5, 5.41) is 0. The normalized spacial score (nSPS) is 21.8. The van der Waals surface area contributed by atoms with Gasteiger partial charge in [-0.15, -0.1) is 11.3 Å². The van der Waals surface area contributed by atoms with E-state index in [-0.39, 0.29) is 17.6 Å². The van der Waals surface area contributed by atoms with Crippen molar-refractivity contribution >= 4 is 17.2 Å². The van der Waals surface area contributed by atoms with Crippen LogP contribution >= 0.6 is 11.3 Å². The van der Waals surface area contributed by atoms with Crippen molar-refractivity contribution in [2.24, 2.45) is 0 Å². The summed E-state index contributed by atoms with van der Waals surface area (Å²) >= 11 is 1.50. The van der Waals surface area contributed by atoms with Gasteiger partial charge < -0.3 is 9.64 Å². The van der Waals surface area contributed by atoms with Crippen LogP contribution in [0.3, 0.4) is 0 Å². The fourth-order valence-electron chi connectivity index (χ4n) is 5.30. The van der Waals surface area contributed by atoms with Gasteiger partial charge in [-0.25, -0.2) is 4.39 Å². The number of hydrogen-bond donors (Lipinski definition) is 0. The van der Waals surface area contributed by atoms with Gasteiger partial charge in [0.15, 0.2) is 0 Å². The lowest BCUT2D eigenvalue weighted by molar-refractivity contribution is 0.0797. The molecule has 2 aromatic rings. The third kappa shape index (κ3) is 5.33. The van der Waals surface area contributed by atoms with Crippen LogP contribution in [0, 0.1) is 12.7 Å². The van der Waals surface area contributed by atoms with Gasteiger partial charge >= 0.3 is 0 Å². The average molecular weight is 473 g/mol. The van der Waals surface area contributed by atoms with Gasteiger partial charge in [-0.2, -0.15) is 0 Å². The van der Waals surface area contributed by atoms with Crippen LogP contribution in [0.25, 0.3) is 10.4 Å². The molecule has 6 heteroatoms. The lowest BCUT2D eigenvalue weighted by atomic mass is 9.88. The molecule has 1 atom stereocenters. The molecule has 0 N–H and O–H groups in total. The maximum absolute atomic E-state index is 15.1. The molecule has 33 heavy (non-hydrogen) atoms. The Morgan fingerprint density at radius 1 is 1.06 bits per heavy atom. The van der Waals surface area contributed by atoms with Crippen LogP contribution in [0.5, 0.6) is 0 Å². The van der Waals surface area contributed by atoms with E-state index in [0.29, 0.717) is 6.04 Å². The van der Waals surface area contributed by atoms with Crippen molar-refractivity contribution < 1.29 is 13.9 Å². The number of benzene rings is 1. The fourth-order valence-corrected chi connectivity index (χ4v) is 6.43. The summed E-state index contributed by atoms with van der Waals surface area (Å²) in [6.45, 7) is 11.4. The lowest BCUT2D eigenvalue weighted by Crippen LogP contribution is -2.41. The molecular formula is C27H37FN2O2S. The van der Waals surface area contributed by atoms with Crippen molar-refractivity contribution in [3.05, 3.63) is 46.1 Å². The highest BCUT2D eigenvalue weighted by Gasteiger charge is 2.29. The Balaban J connectivity index is 0.00000126. The molecule has 3 aliphatic rings. The molecule has 1 unspecified atom stereocenters. The minimum absolute atomic E-state index is 0.112. The highest BCUT2D eigenvalue weighted by Crippen LogP contribution is 2.36. The summed E-state index contributed by atoms with van der Waals surface area (Å²) in [5.41, 5.74) is 2.70. The van der Waals surface area contributed by atoms with E-state index in [1.807, 2.05) is 43.9 Å². The monoisotopic (exact) mass is 472 g/mol. The van der Waals surface area contributed by atoms with Gasteiger partial charge in [-0.1, -0.05) is 26.0 Å². The van der Waals surface area contributed by atoms with Crippen molar-refractivity contribution in [3.63, 3.8) is 0 Å². The van der Waals surface area contributed by atoms with Gasteiger partial charge in [0, 0.05) is 30.6 Å². The molecule has 4 nitrogen and oxygen atoms in total. The molecule has 3 fully saturated rings. The zero-order chi connectivity index (χ0) is 23.4. The number of amides is 1. The zero-order valence-electron chi connectivity index (χ0n) is 20.2. The maximum Gasteiger partial charge on any atom is 0.264 e. The number of carbonyl (C=O) groups is 1. The highest BCUT2D eigenvalue weighted by molar-refractivity contribution is 7.17. The molecule has 4 heterocycles. The SMILES string of the molecule is CC.Cc1cc(-c2ccc(C3CCN(C4CCOC4)CC3)c(F)c2)sc1C(=O)N1CCCC1. The van der Waals surface area contributed by atoms with E-state index in [1.165, 1.54) is 11.3 Å².